The summed E-state index contributed by atoms with van der Waals surface area (Å²) in [5.41, 5.74) is -0.351. The predicted octanol–water partition coefficient (Wildman–Crippen LogP) is 2.14. The number of ether oxygens (including phenoxy) is 3. The quantitative estimate of drug-likeness (QED) is 0.681. The lowest BCUT2D eigenvalue weighted by Crippen LogP contribution is -2.75. The molecular formula is C11H16Cl2O3. The van der Waals surface area contributed by atoms with Crippen molar-refractivity contribution in [1.82, 2.24) is 0 Å². The number of alkyl halides is 2. The van der Waals surface area contributed by atoms with E-state index in [1.165, 1.54) is 0 Å². The molecule has 92 valence electrons. The molecule has 0 N–H and O–H groups in total. The zero-order valence-electron chi connectivity index (χ0n) is 9.25. The van der Waals surface area contributed by atoms with Crippen molar-refractivity contribution in [3.8, 4) is 0 Å². The lowest BCUT2D eigenvalue weighted by molar-refractivity contribution is -0.297. The van der Waals surface area contributed by atoms with Gasteiger partial charge in [-0.2, -0.15) is 0 Å². The van der Waals surface area contributed by atoms with E-state index >= 15 is 0 Å². The highest BCUT2D eigenvalue weighted by atomic mass is 35.5. The summed E-state index contributed by atoms with van der Waals surface area (Å²) in [6.07, 6.45) is 2.85. The van der Waals surface area contributed by atoms with E-state index in [-0.39, 0.29) is 22.3 Å². The monoisotopic (exact) mass is 266 g/mol. The first-order valence-corrected chi connectivity index (χ1v) is 6.65. The third-order valence-corrected chi connectivity index (χ3v) is 5.59. The number of rotatable bonds is 1. The van der Waals surface area contributed by atoms with Crippen LogP contribution >= 0.6 is 23.2 Å². The summed E-state index contributed by atoms with van der Waals surface area (Å²) in [7, 11) is 1.71. The summed E-state index contributed by atoms with van der Waals surface area (Å²) >= 11 is 12.7. The van der Waals surface area contributed by atoms with Crippen LogP contribution in [-0.2, 0) is 14.2 Å². The molecule has 1 spiro atoms. The van der Waals surface area contributed by atoms with E-state index in [2.05, 4.69) is 0 Å². The minimum atomic E-state index is -0.536. The number of halogens is 2. The lowest BCUT2D eigenvalue weighted by atomic mass is 9.58. The highest BCUT2D eigenvalue weighted by molar-refractivity contribution is 6.32. The molecule has 1 saturated heterocycles. The van der Waals surface area contributed by atoms with Crippen molar-refractivity contribution in [2.75, 3.05) is 20.3 Å². The molecule has 0 unspecified atom stereocenters. The second-order valence-electron chi connectivity index (χ2n) is 4.85. The highest BCUT2D eigenvalue weighted by Crippen LogP contribution is 2.61. The van der Waals surface area contributed by atoms with Crippen molar-refractivity contribution in [2.24, 2.45) is 5.92 Å². The van der Waals surface area contributed by atoms with Crippen LogP contribution in [0.5, 0.6) is 0 Å². The fourth-order valence-electron chi connectivity index (χ4n) is 3.57. The first-order chi connectivity index (χ1) is 7.66. The van der Waals surface area contributed by atoms with Crippen LogP contribution < -0.4 is 0 Å². The zero-order valence-corrected chi connectivity index (χ0v) is 10.8. The normalized spacial score (nSPS) is 50.1. The molecule has 0 aromatic heterocycles. The van der Waals surface area contributed by atoms with E-state index in [0.29, 0.717) is 13.2 Å². The van der Waals surface area contributed by atoms with Crippen LogP contribution in [0, 0.1) is 5.92 Å². The number of methoxy groups -OCH3 is 1. The Morgan fingerprint density at radius 2 is 1.88 bits per heavy atom. The van der Waals surface area contributed by atoms with E-state index in [9.17, 15) is 0 Å². The van der Waals surface area contributed by atoms with Gasteiger partial charge >= 0.3 is 0 Å². The Hall–Kier alpha value is 0.460. The van der Waals surface area contributed by atoms with Gasteiger partial charge in [0.1, 0.15) is 0 Å². The van der Waals surface area contributed by atoms with E-state index in [1.807, 2.05) is 0 Å². The molecule has 3 aliphatic rings. The summed E-state index contributed by atoms with van der Waals surface area (Å²) in [6, 6.07) is 0. The van der Waals surface area contributed by atoms with Crippen molar-refractivity contribution in [2.45, 2.75) is 41.4 Å². The van der Waals surface area contributed by atoms with Crippen molar-refractivity contribution in [3.63, 3.8) is 0 Å². The SMILES string of the molecule is CO[C@]12CCCC3(OCCO3)[C@H]1[C@H](Cl)[C@@H]2Cl. The predicted molar refractivity (Wildman–Crippen MR) is 61.0 cm³/mol. The molecular weight excluding hydrogens is 251 g/mol. The van der Waals surface area contributed by atoms with Crippen molar-refractivity contribution >= 4 is 23.2 Å². The fourth-order valence-corrected chi connectivity index (χ4v) is 4.67. The summed E-state index contributed by atoms with van der Waals surface area (Å²) in [5, 5.41) is -0.269. The molecule has 3 nitrogen and oxygen atoms in total. The maximum absolute atomic E-state index is 6.34. The molecule has 3 fully saturated rings. The third-order valence-electron chi connectivity index (χ3n) is 4.31. The van der Waals surface area contributed by atoms with E-state index in [1.54, 1.807) is 7.11 Å². The number of hydrogen-bond acceptors (Lipinski definition) is 3. The molecule has 3 rings (SSSR count). The minimum absolute atomic E-state index is 0.0606. The maximum Gasteiger partial charge on any atom is 0.175 e. The number of fused-ring (bicyclic) bond motifs is 2. The maximum atomic E-state index is 6.34. The fraction of sp³-hybridized carbons (Fsp3) is 1.00. The minimum Gasteiger partial charge on any atom is -0.376 e. The van der Waals surface area contributed by atoms with Gasteiger partial charge in [-0.1, -0.05) is 0 Å². The van der Waals surface area contributed by atoms with Gasteiger partial charge in [-0.25, -0.2) is 0 Å². The summed E-state index contributed by atoms with van der Waals surface area (Å²) in [6.45, 7) is 1.29. The molecule has 0 amide bonds. The highest BCUT2D eigenvalue weighted by Gasteiger charge is 2.72. The van der Waals surface area contributed by atoms with Crippen molar-refractivity contribution in [1.29, 1.82) is 0 Å². The first kappa shape index (κ1) is 11.5. The van der Waals surface area contributed by atoms with Crippen LogP contribution in [0.15, 0.2) is 0 Å². The zero-order chi connectivity index (χ0) is 11.4. The van der Waals surface area contributed by atoms with Crippen LogP contribution in [0.3, 0.4) is 0 Å². The molecule has 16 heavy (non-hydrogen) atoms. The van der Waals surface area contributed by atoms with Gasteiger partial charge in [-0.15, -0.1) is 23.2 Å². The molecule has 4 atom stereocenters. The average Bonchev–Trinajstić information content (AvgIpc) is 2.76. The second kappa shape index (κ2) is 3.72. The van der Waals surface area contributed by atoms with Crippen LogP contribution in [0.4, 0.5) is 0 Å². The summed E-state index contributed by atoms with van der Waals surface area (Å²) in [5.74, 6) is -0.475. The first-order valence-electron chi connectivity index (χ1n) is 5.77. The third kappa shape index (κ3) is 1.21. The molecule has 0 aromatic carbocycles. The van der Waals surface area contributed by atoms with Gasteiger partial charge < -0.3 is 14.2 Å². The van der Waals surface area contributed by atoms with Crippen LogP contribution in [0.2, 0.25) is 0 Å². The Labute approximate surface area is 105 Å². The second-order valence-corrected chi connectivity index (χ2v) is 5.82. The Balaban J connectivity index is 1.94. The standard InChI is InChI=1S/C11H16Cl2O3/c1-14-10-3-2-4-11(15-5-6-16-11)8(10)7(12)9(10)13/h7-9H,2-6H2,1H3/t7-,8-,9-,10+/m0/s1. The van der Waals surface area contributed by atoms with Crippen LogP contribution in [-0.4, -0.2) is 42.5 Å². The number of hydrogen-bond donors (Lipinski definition) is 0. The Morgan fingerprint density at radius 3 is 2.50 bits per heavy atom. The molecule has 0 bridgehead atoms. The lowest BCUT2D eigenvalue weighted by Gasteiger charge is -2.63. The van der Waals surface area contributed by atoms with Crippen LogP contribution in [0.25, 0.3) is 0 Å². The molecule has 5 heteroatoms. The molecule has 0 aromatic rings. The van der Waals surface area contributed by atoms with Gasteiger partial charge in [0.25, 0.3) is 0 Å². The van der Waals surface area contributed by atoms with Gasteiger partial charge in [0.15, 0.2) is 5.79 Å². The van der Waals surface area contributed by atoms with Gasteiger partial charge in [-0.3, -0.25) is 0 Å². The topological polar surface area (TPSA) is 27.7 Å². The van der Waals surface area contributed by atoms with Crippen molar-refractivity contribution < 1.29 is 14.2 Å². The Kier molecular flexibility index (Phi) is 2.69. The Morgan fingerprint density at radius 1 is 1.19 bits per heavy atom. The van der Waals surface area contributed by atoms with Gasteiger partial charge in [-0.05, 0) is 12.8 Å². The summed E-state index contributed by atoms with van der Waals surface area (Å²) in [4.78, 5) is 0. The van der Waals surface area contributed by atoms with Crippen LogP contribution in [0.1, 0.15) is 19.3 Å². The summed E-state index contributed by atoms with van der Waals surface area (Å²) < 4.78 is 17.3. The molecule has 1 heterocycles. The van der Waals surface area contributed by atoms with Crippen molar-refractivity contribution in [3.05, 3.63) is 0 Å². The van der Waals surface area contributed by atoms with E-state index in [4.69, 9.17) is 37.4 Å². The van der Waals surface area contributed by atoms with Gasteiger partial charge in [0.2, 0.25) is 0 Å². The smallest absolute Gasteiger partial charge is 0.175 e. The van der Waals surface area contributed by atoms with E-state index in [0.717, 1.165) is 19.3 Å². The Bertz CT molecular complexity index is 287. The van der Waals surface area contributed by atoms with Gasteiger partial charge in [0, 0.05) is 13.5 Å². The van der Waals surface area contributed by atoms with Gasteiger partial charge in [0.05, 0.1) is 35.5 Å². The molecule has 0 radical (unpaired) electrons. The van der Waals surface area contributed by atoms with E-state index < -0.39 is 5.79 Å². The largest absolute Gasteiger partial charge is 0.376 e. The molecule has 1 aliphatic heterocycles. The molecule has 2 saturated carbocycles. The average molecular weight is 267 g/mol. The molecule has 2 aliphatic carbocycles.